The van der Waals surface area contributed by atoms with Gasteiger partial charge in [0.2, 0.25) is 15.9 Å². The van der Waals surface area contributed by atoms with Crippen molar-refractivity contribution in [1.29, 1.82) is 0 Å². The van der Waals surface area contributed by atoms with Crippen molar-refractivity contribution in [2.24, 2.45) is 0 Å². The third-order valence-corrected chi connectivity index (χ3v) is 7.20. The molecule has 1 saturated heterocycles. The smallest absolute Gasteiger partial charge is 0.243 e. The average Bonchev–Trinajstić information content (AvgIpc) is 2.76. The molecule has 0 aliphatic carbocycles. The molecule has 2 heterocycles. The van der Waals surface area contributed by atoms with Crippen LogP contribution in [0.1, 0.15) is 50.7 Å². The summed E-state index contributed by atoms with van der Waals surface area (Å²) in [5, 5.41) is 0. The fourth-order valence-corrected chi connectivity index (χ4v) is 5.51. The van der Waals surface area contributed by atoms with Gasteiger partial charge in [0.1, 0.15) is 0 Å². The molecular weight excluding hydrogens is 324 g/mol. The fourth-order valence-electron chi connectivity index (χ4n) is 3.88. The van der Waals surface area contributed by atoms with Crippen LogP contribution < -0.4 is 4.90 Å². The first-order valence-corrected chi connectivity index (χ1v) is 10.0. The highest BCUT2D eigenvalue weighted by molar-refractivity contribution is 7.89. The summed E-state index contributed by atoms with van der Waals surface area (Å²) >= 11 is 0. The lowest BCUT2D eigenvalue weighted by Gasteiger charge is -2.22. The molecule has 24 heavy (non-hydrogen) atoms. The van der Waals surface area contributed by atoms with Crippen molar-refractivity contribution in [2.75, 3.05) is 25.0 Å². The second kappa shape index (κ2) is 5.85. The van der Waals surface area contributed by atoms with E-state index in [0.717, 1.165) is 42.5 Å². The zero-order chi connectivity index (χ0) is 17.7. The molecule has 132 valence electrons. The number of nitrogens with zero attached hydrogens (tertiary/aromatic N) is 2. The molecule has 0 saturated carbocycles. The molecule has 0 unspecified atom stereocenters. The van der Waals surface area contributed by atoms with Crippen molar-refractivity contribution < 1.29 is 13.2 Å². The van der Waals surface area contributed by atoms with E-state index in [9.17, 15) is 13.2 Å². The average molecular weight is 350 g/mol. The number of carbonyl (C=O) groups excluding carboxylic acids is 1. The Morgan fingerprint density at radius 1 is 1.04 bits per heavy atom. The van der Waals surface area contributed by atoms with Crippen molar-refractivity contribution in [3.63, 3.8) is 0 Å². The Balaban J connectivity index is 2.10. The largest absolute Gasteiger partial charge is 0.314 e. The summed E-state index contributed by atoms with van der Waals surface area (Å²) in [4.78, 5) is 14.5. The molecule has 0 spiro atoms. The van der Waals surface area contributed by atoms with Gasteiger partial charge in [0, 0.05) is 20.1 Å². The second-order valence-corrected chi connectivity index (χ2v) is 9.38. The van der Waals surface area contributed by atoms with Gasteiger partial charge in [-0.3, -0.25) is 4.79 Å². The molecule has 6 heteroatoms. The van der Waals surface area contributed by atoms with E-state index in [2.05, 4.69) is 0 Å². The minimum absolute atomic E-state index is 0.00456. The Bertz CT molecular complexity index is 776. The number of rotatable bonds is 2. The first kappa shape index (κ1) is 17.4. The van der Waals surface area contributed by atoms with E-state index in [1.165, 1.54) is 0 Å². The van der Waals surface area contributed by atoms with Gasteiger partial charge in [-0.25, -0.2) is 8.42 Å². The van der Waals surface area contributed by atoms with E-state index < -0.39 is 15.4 Å². The Morgan fingerprint density at radius 2 is 1.62 bits per heavy atom. The van der Waals surface area contributed by atoms with Crippen molar-refractivity contribution in [3.8, 4) is 0 Å². The molecule has 5 nitrogen and oxygen atoms in total. The molecule has 2 aliphatic rings. The number of fused-ring (bicyclic) bond motifs is 1. The highest BCUT2D eigenvalue weighted by atomic mass is 32.2. The number of amides is 1. The minimum atomic E-state index is -3.51. The summed E-state index contributed by atoms with van der Waals surface area (Å²) in [6.07, 6.45) is 3.99. The van der Waals surface area contributed by atoms with Gasteiger partial charge in [-0.1, -0.05) is 12.8 Å². The Hall–Kier alpha value is -1.40. The van der Waals surface area contributed by atoms with Crippen LogP contribution in [-0.4, -0.2) is 38.8 Å². The predicted octanol–water partition coefficient (Wildman–Crippen LogP) is 2.81. The van der Waals surface area contributed by atoms with Gasteiger partial charge in [-0.05, 0) is 56.9 Å². The fraction of sp³-hybridized carbons (Fsp3) is 0.611. The normalized spacial score (nSPS) is 21.7. The van der Waals surface area contributed by atoms with Crippen LogP contribution in [0.2, 0.25) is 0 Å². The van der Waals surface area contributed by atoms with E-state index in [1.54, 1.807) is 28.4 Å². The van der Waals surface area contributed by atoms with Gasteiger partial charge in [-0.15, -0.1) is 0 Å². The lowest BCUT2D eigenvalue weighted by Crippen LogP contribution is -2.33. The van der Waals surface area contributed by atoms with Crippen LogP contribution in [0.25, 0.3) is 0 Å². The summed E-state index contributed by atoms with van der Waals surface area (Å²) < 4.78 is 27.8. The van der Waals surface area contributed by atoms with Crippen LogP contribution in [0.3, 0.4) is 0 Å². The Kier molecular flexibility index (Phi) is 4.24. The topological polar surface area (TPSA) is 57.7 Å². The molecule has 0 radical (unpaired) electrons. The van der Waals surface area contributed by atoms with Crippen molar-refractivity contribution >= 4 is 21.6 Å². The van der Waals surface area contributed by atoms with E-state index >= 15 is 0 Å². The quantitative estimate of drug-likeness (QED) is 0.824. The molecule has 1 aromatic rings. The lowest BCUT2D eigenvalue weighted by molar-refractivity contribution is -0.121. The molecule has 1 fully saturated rings. The van der Waals surface area contributed by atoms with Gasteiger partial charge in [0.05, 0.1) is 16.0 Å². The zero-order valence-corrected chi connectivity index (χ0v) is 15.7. The molecule has 0 bridgehead atoms. The SMILES string of the molecule is Cc1cc(S(=O)(=O)N2CCCCCC2)cc2c1N(C)C(=O)C2(C)C. The summed E-state index contributed by atoms with van der Waals surface area (Å²) in [6, 6.07) is 3.42. The highest BCUT2D eigenvalue weighted by Crippen LogP contribution is 2.44. The molecular formula is C18H26N2O3S. The summed E-state index contributed by atoms with van der Waals surface area (Å²) in [5.41, 5.74) is 1.80. The van der Waals surface area contributed by atoms with Gasteiger partial charge in [0.15, 0.2) is 0 Å². The van der Waals surface area contributed by atoms with E-state index in [-0.39, 0.29) is 5.91 Å². The second-order valence-electron chi connectivity index (χ2n) is 7.44. The number of hydrogen-bond acceptors (Lipinski definition) is 3. The van der Waals surface area contributed by atoms with E-state index in [4.69, 9.17) is 0 Å². The minimum Gasteiger partial charge on any atom is -0.314 e. The molecule has 3 rings (SSSR count). The zero-order valence-electron chi connectivity index (χ0n) is 14.9. The number of hydrogen-bond donors (Lipinski definition) is 0. The summed E-state index contributed by atoms with van der Waals surface area (Å²) in [5.74, 6) is 0.00456. The number of anilines is 1. The number of sulfonamides is 1. The van der Waals surface area contributed by atoms with Gasteiger partial charge in [-0.2, -0.15) is 4.31 Å². The number of aryl methyl sites for hydroxylation is 1. The maximum Gasteiger partial charge on any atom is 0.243 e. The van der Waals surface area contributed by atoms with Gasteiger partial charge >= 0.3 is 0 Å². The van der Waals surface area contributed by atoms with Crippen LogP contribution in [0.5, 0.6) is 0 Å². The third-order valence-electron chi connectivity index (χ3n) is 5.32. The van der Waals surface area contributed by atoms with Crippen LogP contribution in [0, 0.1) is 6.92 Å². The van der Waals surface area contributed by atoms with Crippen LogP contribution in [0.4, 0.5) is 5.69 Å². The first-order valence-electron chi connectivity index (χ1n) is 8.61. The number of likely N-dealkylation sites (N-methyl/N-ethyl adjacent to an activating group) is 1. The van der Waals surface area contributed by atoms with Crippen LogP contribution >= 0.6 is 0 Å². The lowest BCUT2D eigenvalue weighted by atomic mass is 9.85. The molecule has 1 amide bonds. The maximum absolute atomic E-state index is 13.1. The number of carbonyl (C=O) groups is 1. The van der Waals surface area contributed by atoms with Crippen molar-refractivity contribution in [2.45, 2.75) is 56.8 Å². The van der Waals surface area contributed by atoms with Crippen molar-refractivity contribution in [3.05, 3.63) is 23.3 Å². The molecule has 1 aromatic carbocycles. The summed E-state index contributed by atoms with van der Waals surface area (Å²) in [7, 11) is -1.76. The van der Waals surface area contributed by atoms with Crippen LogP contribution in [0.15, 0.2) is 17.0 Å². The van der Waals surface area contributed by atoms with Crippen molar-refractivity contribution in [1.82, 2.24) is 4.31 Å². The van der Waals surface area contributed by atoms with E-state index in [0.29, 0.717) is 18.0 Å². The first-order chi connectivity index (χ1) is 11.2. The van der Waals surface area contributed by atoms with E-state index in [1.807, 2.05) is 20.8 Å². The van der Waals surface area contributed by atoms with Gasteiger partial charge < -0.3 is 4.90 Å². The predicted molar refractivity (Wildman–Crippen MR) is 94.8 cm³/mol. The summed E-state index contributed by atoms with van der Waals surface area (Å²) in [6.45, 7) is 6.77. The third kappa shape index (κ3) is 2.56. The highest BCUT2D eigenvalue weighted by Gasteiger charge is 2.44. The number of benzene rings is 1. The Labute approximate surface area is 144 Å². The van der Waals surface area contributed by atoms with Gasteiger partial charge in [0.25, 0.3) is 0 Å². The monoisotopic (exact) mass is 350 g/mol. The Morgan fingerprint density at radius 3 is 2.21 bits per heavy atom. The molecule has 2 aliphatic heterocycles. The maximum atomic E-state index is 13.1. The molecule has 0 N–H and O–H groups in total. The molecule has 0 atom stereocenters. The molecule has 0 aromatic heterocycles. The van der Waals surface area contributed by atoms with Crippen LogP contribution in [-0.2, 0) is 20.2 Å². The standard InChI is InChI=1S/C18H26N2O3S/c1-13-11-14(24(22,23)20-9-7-5-6-8-10-20)12-15-16(13)19(4)17(21)18(15,2)3/h11-12H,5-10H2,1-4H3.